The highest BCUT2D eigenvalue weighted by atomic mass is 16.5. The lowest BCUT2D eigenvalue weighted by molar-refractivity contribution is -0.147. The molecule has 0 bridgehead atoms. The summed E-state index contributed by atoms with van der Waals surface area (Å²) < 4.78 is 5.01. The van der Waals surface area contributed by atoms with E-state index in [0.717, 1.165) is 0 Å². The zero-order valence-electron chi connectivity index (χ0n) is 11.9. The Balaban J connectivity index is 0.00000264. The van der Waals surface area contributed by atoms with Crippen molar-refractivity contribution in [3.05, 3.63) is 53.1 Å². The molecule has 0 aliphatic rings. The first kappa shape index (κ1) is 18.3. The third-order valence-electron chi connectivity index (χ3n) is 3.34. The number of carboxylic acids is 1. The lowest BCUT2D eigenvalue weighted by atomic mass is 9.95. The number of aliphatic hydroxyl groups is 1. The fraction of sp³-hybridized carbons (Fsp3) is 0.235. The van der Waals surface area contributed by atoms with Gasteiger partial charge in [-0.15, -0.1) is 0 Å². The standard InChI is InChI=1S/C16H16O6.CH4/c1-22-14-8-9(5-6-13(14)18)7-11-10(15(19)16(20)21)3-2-4-12(11)17;/h2-6,8,15,17-19H,7H2,1H3,(H,20,21);1H4. The van der Waals surface area contributed by atoms with E-state index < -0.39 is 12.1 Å². The van der Waals surface area contributed by atoms with Crippen LogP contribution >= 0.6 is 0 Å². The van der Waals surface area contributed by atoms with Gasteiger partial charge in [0.15, 0.2) is 17.6 Å². The molecule has 1 atom stereocenters. The predicted octanol–water partition coefficient (Wildman–Crippen LogP) is 2.45. The third kappa shape index (κ3) is 3.92. The summed E-state index contributed by atoms with van der Waals surface area (Å²) in [6.45, 7) is 0. The molecule has 0 aromatic heterocycles. The summed E-state index contributed by atoms with van der Waals surface area (Å²) in [5.41, 5.74) is 1.12. The van der Waals surface area contributed by atoms with Crippen molar-refractivity contribution in [3.63, 3.8) is 0 Å². The molecule has 0 heterocycles. The average Bonchev–Trinajstić information content (AvgIpc) is 2.50. The normalized spacial score (nSPS) is 11.4. The lowest BCUT2D eigenvalue weighted by Crippen LogP contribution is -2.13. The molecule has 0 aliphatic heterocycles. The molecule has 0 aliphatic carbocycles. The molecule has 2 aromatic carbocycles. The maximum Gasteiger partial charge on any atom is 0.337 e. The number of phenolic OH excluding ortho intramolecular Hbond substituents is 2. The lowest BCUT2D eigenvalue weighted by Gasteiger charge is -2.14. The maximum atomic E-state index is 11.0. The molecule has 0 saturated heterocycles. The molecule has 6 heteroatoms. The number of hydrogen-bond acceptors (Lipinski definition) is 5. The van der Waals surface area contributed by atoms with Crippen molar-refractivity contribution in [1.29, 1.82) is 0 Å². The van der Waals surface area contributed by atoms with Crippen molar-refractivity contribution < 1.29 is 30.0 Å². The van der Waals surface area contributed by atoms with Crippen LogP contribution in [-0.2, 0) is 11.2 Å². The van der Waals surface area contributed by atoms with E-state index in [2.05, 4.69) is 0 Å². The summed E-state index contributed by atoms with van der Waals surface area (Å²) in [6.07, 6.45) is -1.54. The van der Waals surface area contributed by atoms with Crippen LogP contribution in [0.4, 0.5) is 0 Å². The van der Waals surface area contributed by atoms with Crippen LogP contribution in [-0.4, -0.2) is 33.5 Å². The molecule has 2 rings (SSSR count). The Labute approximate surface area is 134 Å². The Hall–Kier alpha value is -2.73. The van der Waals surface area contributed by atoms with E-state index in [1.807, 2.05) is 0 Å². The van der Waals surface area contributed by atoms with E-state index in [1.165, 1.54) is 31.4 Å². The van der Waals surface area contributed by atoms with Gasteiger partial charge in [-0.3, -0.25) is 0 Å². The predicted molar refractivity (Wildman–Crippen MR) is 84.9 cm³/mol. The number of hydrogen-bond donors (Lipinski definition) is 4. The number of carbonyl (C=O) groups is 1. The van der Waals surface area contributed by atoms with Gasteiger partial charge in [-0.05, 0) is 29.3 Å². The van der Waals surface area contributed by atoms with Crippen molar-refractivity contribution in [2.24, 2.45) is 0 Å². The first-order chi connectivity index (χ1) is 10.4. The monoisotopic (exact) mass is 320 g/mol. The van der Waals surface area contributed by atoms with Crippen LogP contribution in [0.5, 0.6) is 17.2 Å². The van der Waals surface area contributed by atoms with E-state index in [0.29, 0.717) is 11.1 Å². The number of carboxylic acid groups (broad SMARTS) is 1. The van der Waals surface area contributed by atoms with Crippen LogP contribution in [0.2, 0.25) is 0 Å². The van der Waals surface area contributed by atoms with E-state index >= 15 is 0 Å². The Morgan fingerprint density at radius 2 is 1.87 bits per heavy atom. The molecule has 4 N–H and O–H groups in total. The molecule has 0 radical (unpaired) electrons. The highest BCUT2D eigenvalue weighted by molar-refractivity contribution is 5.75. The van der Waals surface area contributed by atoms with Crippen LogP contribution in [0.1, 0.15) is 30.2 Å². The summed E-state index contributed by atoms with van der Waals surface area (Å²) in [5.74, 6) is -1.25. The van der Waals surface area contributed by atoms with E-state index in [4.69, 9.17) is 9.84 Å². The number of aliphatic carboxylic acids is 1. The highest BCUT2D eigenvalue weighted by Gasteiger charge is 2.21. The van der Waals surface area contributed by atoms with Gasteiger partial charge in [-0.2, -0.15) is 0 Å². The summed E-state index contributed by atoms with van der Waals surface area (Å²) in [5, 5.41) is 38.3. The van der Waals surface area contributed by atoms with Gasteiger partial charge in [-0.1, -0.05) is 25.6 Å². The summed E-state index contributed by atoms with van der Waals surface area (Å²) >= 11 is 0. The number of ether oxygens (including phenoxy) is 1. The first-order valence-corrected chi connectivity index (χ1v) is 6.51. The summed E-state index contributed by atoms with van der Waals surface area (Å²) in [4.78, 5) is 11.0. The maximum absolute atomic E-state index is 11.0. The summed E-state index contributed by atoms with van der Waals surface area (Å²) in [6, 6.07) is 9.00. The van der Waals surface area contributed by atoms with Crippen LogP contribution < -0.4 is 4.74 Å². The molecule has 6 nitrogen and oxygen atoms in total. The minimum atomic E-state index is -1.72. The van der Waals surface area contributed by atoms with E-state index in [1.54, 1.807) is 12.1 Å². The zero-order chi connectivity index (χ0) is 16.3. The second kappa shape index (κ2) is 7.51. The van der Waals surface area contributed by atoms with Gasteiger partial charge in [0.25, 0.3) is 0 Å². The highest BCUT2D eigenvalue weighted by Crippen LogP contribution is 2.32. The van der Waals surface area contributed by atoms with Gasteiger partial charge < -0.3 is 25.2 Å². The zero-order valence-corrected chi connectivity index (χ0v) is 11.9. The minimum absolute atomic E-state index is 0. The molecule has 0 fully saturated rings. The van der Waals surface area contributed by atoms with Gasteiger partial charge in [0.1, 0.15) is 5.75 Å². The quantitative estimate of drug-likeness (QED) is 0.674. The van der Waals surface area contributed by atoms with Crippen LogP contribution in [0.25, 0.3) is 0 Å². The number of benzene rings is 2. The van der Waals surface area contributed by atoms with Crippen LogP contribution in [0.15, 0.2) is 36.4 Å². The topological polar surface area (TPSA) is 107 Å². The molecule has 2 aromatic rings. The van der Waals surface area contributed by atoms with E-state index in [9.17, 15) is 20.1 Å². The Kier molecular flexibility index (Phi) is 5.98. The SMILES string of the molecule is C.COc1cc(Cc2c(O)cccc2C(O)C(=O)O)ccc1O. The fourth-order valence-corrected chi connectivity index (χ4v) is 2.21. The van der Waals surface area contributed by atoms with Crippen molar-refractivity contribution in [2.75, 3.05) is 7.11 Å². The van der Waals surface area contributed by atoms with Gasteiger partial charge in [-0.25, -0.2) is 4.79 Å². The second-order valence-electron chi connectivity index (χ2n) is 4.77. The molecule has 124 valence electrons. The molecule has 0 spiro atoms. The number of phenols is 2. The van der Waals surface area contributed by atoms with E-state index in [-0.39, 0.29) is 36.7 Å². The number of aromatic hydroxyl groups is 2. The molecule has 0 saturated carbocycles. The molecule has 1 unspecified atom stereocenters. The summed E-state index contributed by atoms with van der Waals surface area (Å²) in [7, 11) is 1.42. The second-order valence-corrected chi connectivity index (χ2v) is 4.77. The molecule has 0 amide bonds. The largest absolute Gasteiger partial charge is 0.508 e. The van der Waals surface area contributed by atoms with Crippen LogP contribution in [0, 0.1) is 0 Å². The van der Waals surface area contributed by atoms with Crippen molar-refractivity contribution in [1.82, 2.24) is 0 Å². The number of aliphatic hydroxyl groups excluding tert-OH is 1. The third-order valence-corrected chi connectivity index (χ3v) is 3.34. The number of rotatable bonds is 5. The average molecular weight is 320 g/mol. The van der Waals surface area contributed by atoms with Crippen molar-refractivity contribution in [3.8, 4) is 17.2 Å². The van der Waals surface area contributed by atoms with Gasteiger partial charge >= 0.3 is 5.97 Å². The number of methoxy groups -OCH3 is 1. The van der Waals surface area contributed by atoms with Crippen molar-refractivity contribution in [2.45, 2.75) is 20.0 Å². The molecule has 23 heavy (non-hydrogen) atoms. The van der Waals surface area contributed by atoms with Gasteiger partial charge in [0, 0.05) is 12.0 Å². The Bertz CT molecular complexity index is 695. The fourth-order valence-electron chi connectivity index (χ4n) is 2.21. The Morgan fingerprint density at radius 1 is 1.17 bits per heavy atom. The first-order valence-electron chi connectivity index (χ1n) is 6.51. The minimum Gasteiger partial charge on any atom is -0.508 e. The molecular weight excluding hydrogens is 300 g/mol. The van der Waals surface area contributed by atoms with Gasteiger partial charge in [0.2, 0.25) is 0 Å². The Morgan fingerprint density at radius 3 is 2.48 bits per heavy atom. The smallest absolute Gasteiger partial charge is 0.337 e. The molecular formula is C17H20O6. The van der Waals surface area contributed by atoms with Crippen molar-refractivity contribution >= 4 is 5.97 Å². The van der Waals surface area contributed by atoms with Crippen LogP contribution in [0.3, 0.4) is 0 Å². The van der Waals surface area contributed by atoms with Gasteiger partial charge in [0.05, 0.1) is 7.11 Å².